The van der Waals surface area contributed by atoms with E-state index in [1.165, 1.54) is 11.1 Å². The zero-order valence-corrected chi connectivity index (χ0v) is 9.21. The van der Waals surface area contributed by atoms with E-state index in [0.29, 0.717) is 0 Å². The molecule has 0 amide bonds. The fraction of sp³-hybridized carbons (Fsp3) is 0.500. The van der Waals surface area contributed by atoms with Gasteiger partial charge in [0.1, 0.15) is 5.75 Å². The number of hydrogen-bond donors (Lipinski definition) is 1. The van der Waals surface area contributed by atoms with Crippen molar-refractivity contribution >= 4 is 0 Å². The second kappa shape index (κ2) is 5.01. The molecule has 1 aromatic rings. The van der Waals surface area contributed by atoms with Crippen LogP contribution in [0.25, 0.3) is 0 Å². The lowest BCUT2D eigenvalue weighted by Gasteiger charge is -2.11. The highest BCUT2D eigenvalue weighted by Gasteiger charge is 2.04. The Bertz CT molecular complexity index is 294. The van der Waals surface area contributed by atoms with Crippen LogP contribution in [0.2, 0.25) is 0 Å². The van der Waals surface area contributed by atoms with Gasteiger partial charge < -0.3 is 10.5 Å². The van der Waals surface area contributed by atoms with Gasteiger partial charge in [0.25, 0.3) is 0 Å². The largest absolute Gasteiger partial charge is 0.496 e. The zero-order valence-electron chi connectivity index (χ0n) is 9.21. The Hall–Kier alpha value is -1.02. The second-order valence-electron chi connectivity index (χ2n) is 3.76. The average Bonchev–Trinajstić information content (AvgIpc) is 2.16. The van der Waals surface area contributed by atoms with Gasteiger partial charge in [0.2, 0.25) is 0 Å². The van der Waals surface area contributed by atoms with Crippen molar-refractivity contribution in [3.05, 3.63) is 29.3 Å². The van der Waals surface area contributed by atoms with Crippen molar-refractivity contribution in [1.82, 2.24) is 0 Å². The van der Waals surface area contributed by atoms with E-state index in [1.807, 2.05) is 19.1 Å². The van der Waals surface area contributed by atoms with Crippen LogP contribution < -0.4 is 10.5 Å². The second-order valence-corrected chi connectivity index (χ2v) is 3.76. The first-order valence-corrected chi connectivity index (χ1v) is 5.03. The zero-order chi connectivity index (χ0) is 10.6. The molecule has 1 aromatic carbocycles. The molecule has 2 heteroatoms. The molecule has 0 aromatic heterocycles. The van der Waals surface area contributed by atoms with Gasteiger partial charge in [0.05, 0.1) is 7.11 Å². The quantitative estimate of drug-likeness (QED) is 0.796. The van der Waals surface area contributed by atoms with Crippen LogP contribution >= 0.6 is 0 Å². The summed E-state index contributed by atoms with van der Waals surface area (Å²) in [4.78, 5) is 0. The summed E-state index contributed by atoms with van der Waals surface area (Å²) < 4.78 is 5.26. The van der Waals surface area contributed by atoms with Gasteiger partial charge in [-0.15, -0.1) is 0 Å². The maximum Gasteiger partial charge on any atom is 0.122 e. The van der Waals surface area contributed by atoms with E-state index < -0.39 is 0 Å². The third-order valence-corrected chi connectivity index (χ3v) is 2.49. The van der Waals surface area contributed by atoms with Crippen molar-refractivity contribution in [1.29, 1.82) is 0 Å². The van der Waals surface area contributed by atoms with Crippen LogP contribution in [0.5, 0.6) is 5.75 Å². The van der Waals surface area contributed by atoms with Crippen molar-refractivity contribution in [2.24, 2.45) is 5.73 Å². The Morgan fingerprint density at radius 3 is 2.71 bits per heavy atom. The molecule has 14 heavy (non-hydrogen) atoms. The van der Waals surface area contributed by atoms with Crippen molar-refractivity contribution in [2.45, 2.75) is 32.7 Å². The first kappa shape index (κ1) is 11.1. The summed E-state index contributed by atoms with van der Waals surface area (Å²) in [5.41, 5.74) is 8.30. The van der Waals surface area contributed by atoms with Crippen LogP contribution in [0.4, 0.5) is 0 Å². The Labute approximate surface area is 86.1 Å². The summed E-state index contributed by atoms with van der Waals surface area (Å²) in [6, 6.07) is 6.42. The van der Waals surface area contributed by atoms with Crippen LogP contribution in [0.3, 0.4) is 0 Å². The molecule has 0 radical (unpaired) electrons. The summed E-state index contributed by atoms with van der Waals surface area (Å²) in [7, 11) is 1.71. The molecule has 0 spiro atoms. The predicted molar refractivity (Wildman–Crippen MR) is 59.7 cm³/mol. The third-order valence-electron chi connectivity index (χ3n) is 2.49. The number of rotatable bonds is 4. The molecule has 1 atom stereocenters. The van der Waals surface area contributed by atoms with Crippen LogP contribution in [-0.2, 0) is 6.42 Å². The van der Waals surface area contributed by atoms with Gasteiger partial charge in [0.15, 0.2) is 0 Å². The van der Waals surface area contributed by atoms with E-state index in [2.05, 4.69) is 13.0 Å². The van der Waals surface area contributed by atoms with Gasteiger partial charge in [-0.2, -0.15) is 0 Å². The summed E-state index contributed by atoms with van der Waals surface area (Å²) in [6.45, 7) is 4.13. The molecular weight excluding hydrogens is 174 g/mol. The third kappa shape index (κ3) is 2.74. The minimum Gasteiger partial charge on any atom is -0.496 e. The molecule has 0 heterocycles. The molecule has 0 aliphatic carbocycles. The number of benzene rings is 1. The number of ether oxygens (including phenoxy) is 1. The summed E-state index contributed by atoms with van der Waals surface area (Å²) in [5.74, 6) is 0.965. The summed E-state index contributed by atoms with van der Waals surface area (Å²) >= 11 is 0. The van der Waals surface area contributed by atoms with E-state index in [0.717, 1.165) is 18.6 Å². The molecule has 2 nitrogen and oxygen atoms in total. The molecule has 0 aliphatic heterocycles. The van der Waals surface area contributed by atoms with Crippen LogP contribution in [0.1, 0.15) is 24.5 Å². The monoisotopic (exact) mass is 193 g/mol. The smallest absolute Gasteiger partial charge is 0.122 e. The molecule has 0 saturated heterocycles. The van der Waals surface area contributed by atoms with Crippen molar-refractivity contribution in [2.75, 3.05) is 7.11 Å². The highest BCUT2D eigenvalue weighted by Crippen LogP contribution is 2.21. The standard InChI is InChI=1S/C12H19NO/c1-9(13)7-8-11-5-4-6-12(14-3)10(11)2/h4-6,9H,7-8,13H2,1-3H3. The minimum absolute atomic E-state index is 0.264. The first-order chi connectivity index (χ1) is 6.65. The van der Waals surface area contributed by atoms with Crippen molar-refractivity contribution in [3.8, 4) is 5.75 Å². The van der Waals surface area contributed by atoms with E-state index in [-0.39, 0.29) is 6.04 Å². The van der Waals surface area contributed by atoms with Gasteiger partial charge >= 0.3 is 0 Å². The molecule has 0 fully saturated rings. The minimum atomic E-state index is 0.264. The SMILES string of the molecule is COc1cccc(CCC(C)N)c1C. The first-order valence-electron chi connectivity index (χ1n) is 5.03. The lowest BCUT2D eigenvalue weighted by atomic mass is 10.0. The topological polar surface area (TPSA) is 35.2 Å². The molecule has 1 rings (SSSR count). The van der Waals surface area contributed by atoms with Crippen LogP contribution in [0.15, 0.2) is 18.2 Å². The summed E-state index contributed by atoms with van der Waals surface area (Å²) in [5, 5.41) is 0. The van der Waals surface area contributed by atoms with E-state index >= 15 is 0 Å². The maximum absolute atomic E-state index is 5.73. The number of hydrogen-bond acceptors (Lipinski definition) is 2. The molecule has 0 bridgehead atoms. The molecule has 78 valence electrons. The van der Waals surface area contributed by atoms with Gasteiger partial charge in [-0.3, -0.25) is 0 Å². The summed E-state index contributed by atoms with van der Waals surface area (Å²) in [6.07, 6.45) is 2.05. The van der Waals surface area contributed by atoms with Gasteiger partial charge in [-0.1, -0.05) is 12.1 Å². The number of nitrogens with two attached hydrogens (primary N) is 1. The lowest BCUT2D eigenvalue weighted by Crippen LogP contribution is -2.15. The molecule has 1 unspecified atom stereocenters. The van der Waals surface area contributed by atoms with Gasteiger partial charge in [0, 0.05) is 6.04 Å². The molecular formula is C12H19NO. The molecule has 2 N–H and O–H groups in total. The van der Waals surface area contributed by atoms with Crippen molar-refractivity contribution < 1.29 is 4.74 Å². The highest BCUT2D eigenvalue weighted by molar-refractivity contribution is 5.39. The van der Waals surface area contributed by atoms with Gasteiger partial charge in [-0.25, -0.2) is 0 Å². The Morgan fingerprint density at radius 2 is 2.14 bits per heavy atom. The highest BCUT2D eigenvalue weighted by atomic mass is 16.5. The normalized spacial score (nSPS) is 12.6. The predicted octanol–water partition coefficient (Wildman–Crippen LogP) is 2.28. The Morgan fingerprint density at radius 1 is 1.43 bits per heavy atom. The maximum atomic E-state index is 5.73. The fourth-order valence-corrected chi connectivity index (χ4v) is 1.54. The Balaban J connectivity index is 2.76. The van der Waals surface area contributed by atoms with Crippen LogP contribution in [0, 0.1) is 6.92 Å². The van der Waals surface area contributed by atoms with Crippen LogP contribution in [-0.4, -0.2) is 13.2 Å². The van der Waals surface area contributed by atoms with E-state index in [1.54, 1.807) is 7.11 Å². The van der Waals surface area contributed by atoms with Crippen molar-refractivity contribution in [3.63, 3.8) is 0 Å². The van der Waals surface area contributed by atoms with E-state index in [4.69, 9.17) is 10.5 Å². The number of methoxy groups -OCH3 is 1. The molecule has 0 saturated carbocycles. The molecule has 0 aliphatic rings. The fourth-order valence-electron chi connectivity index (χ4n) is 1.54. The Kier molecular flexibility index (Phi) is 3.96. The lowest BCUT2D eigenvalue weighted by molar-refractivity contribution is 0.411. The van der Waals surface area contributed by atoms with E-state index in [9.17, 15) is 0 Å². The van der Waals surface area contributed by atoms with Gasteiger partial charge in [-0.05, 0) is 43.9 Å². The number of aryl methyl sites for hydroxylation is 1. The average molecular weight is 193 g/mol.